The van der Waals surface area contributed by atoms with Gasteiger partial charge in [0, 0.05) is 0 Å². The fourth-order valence-corrected chi connectivity index (χ4v) is 5.95. The number of fused-ring (bicyclic) bond motifs is 5. The highest BCUT2D eigenvalue weighted by molar-refractivity contribution is 5.30. The molecule has 0 saturated heterocycles. The minimum Gasteiger partial charge on any atom is -0.374 e. The summed E-state index contributed by atoms with van der Waals surface area (Å²) in [7, 11) is 0. The normalized spacial score (nSPS) is 51.4. The Morgan fingerprint density at radius 1 is 1.24 bits per heavy atom. The van der Waals surface area contributed by atoms with Crippen LogP contribution in [0, 0.1) is 41.4 Å². The number of rotatable bonds is 0. The SMILES string of the molecule is C#CC1(O)C=C2CC[C@@H]3[C@H](CCC4(C)C=CC[C@@H]34)[C@H]2CC1. The number of allylic oxidation sites excluding steroid dienone is 3. The van der Waals surface area contributed by atoms with Gasteiger partial charge in [-0.1, -0.05) is 30.6 Å². The number of terminal acetylenes is 1. The molecule has 2 saturated carbocycles. The van der Waals surface area contributed by atoms with Crippen LogP contribution in [0.2, 0.25) is 0 Å². The van der Waals surface area contributed by atoms with E-state index in [0.717, 1.165) is 37.0 Å². The maximum atomic E-state index is 10.4. The van der Waals surface area contributed by atoms with Gasteiger partial charge in [0.1, 0.15) is 5.60 Å². The van der Waals surface area contributed by atoms with E-state index in [-0.39, 0.29) is 0 Å². The van der Waals surface area contributed by atoms with E-state index >= 15 is 0 Å². The molecule has 0 amide bonds. The van der Waals surface area contributed by atoms with Gasteiger partial charge in [0.05, 0.1) is 0 Å². The van der Waals surface area contributed by atoms with Crippen molar-refractivity contribution in [2.24, 2.45) is 29.1 Å². The Balaban J connectivity index is 1.62. The summed E-state index contributed by atoms with van der Waals surface area (Å²) in [5.74, 6) is 5.89. The third kappa shape index (κ3) is 1.95. The quantitative estimate of drug-likeness (QED) is 0.524. The number of hydrogen-bond donors (Lipinski definition) is 1. The van der Waals surface area contributed by atoms with Crippen molar-refractivity contribution < 1.29 is 5.11 Å². The Kier molecular flexibility index (Phi) is 2.92. The first-order chi connectivity index (χ1) is 10.0. The van der Waals surface area contributed by atoms with Gasteiger partial charge in [-0.15, -0.1) is 6.42 Å². The maximum Gasteiger partial charge on any atom is 0.144 e. The van der Waals surface area contributed by atoms with E-state index in [1.54, 1.807) is 0 Å². The second kappa shape index (κ2) is 4.50. The van der Waals surface area contributed by atoms with Gasteiger partial charge >= 0.3 is 0 Å². The third-order valence-electron chi connectivity index (χ3n) is 7.09. The van der Waals surface area contributed by atoms with Crippen molar-refractivity contribution in [1.29, 1.82) is 0 Å². The van der Waals surface area contributed by atoms with E-state index in [0.29, 0.717) is 11.3 Å². The molecule has 112 valence electrons. The average Bonchev–Trinajstić information content (AvgIpc) is 2.88. The van der Waals surface area contributed by atoms with E-state index in [1.165, 1.54) is 31.3 Å². The zero-order valence-corrected chi connectivity index (χ0v) is 13.0. The first-order valence-electron chi connectivity index (χ1n) is 8.64. The Morgan fingerprint density at radius 3 is 2.90 bits per heavy atom. The van der Waals surface area contributed by atoms with Crippen LogP contribution < -0.4 is 0 Å². The predicted molar refractivity (Wildman–Crippen MR) is 85.4 cm³/mol. The van der Waals surface area contributed by atoms with Crippen LogP contribution in [0.5, 0.6) is 0 Å². The molecule has 0 heterocycles. The Labute approximate surface area is 128 Å². The van der Waals surface area contributed by atoms with Crippen molar-refractivity contribution in [2.45, 2.75) is 57.5 Å². The summed E-state index contributed by atoms with van der Waals surface area (Å²) >= 11 is 0. The molecular weight excluding hydrogens is 256 g/mol. The Bertz CT molecular complexity index is 551. The van der Waals surface area contributed by atoms with Crippen LogP contribution in [0.3, 0.4) is 0 Å². The van der Waals surface area contributed by atoms with Crippen LogP contribution in [-0.4, -0.2) is 10.7 Å². The van der Waals surface area contributed by atoms with Gasteiger partial charge in [0.2, 0.25) is 0 Å². The minimum absolute atomic E-state index is 0.469. The van der Waals surface area contributed by atoms with E-state index in [9.17, 15) is 5.11 Å². The van der Waals surface area contributed by atoms with Gasteiger partial charge in [-0.05, 0) is 80.1 Å². The molecule has 21 heavy (non-hydrogen) atoms. The van der Waals surface area contributed by atoms with Crippen molar-refractivity contribution in [2.75, 3.05) is 0 Å². The predicted octanol–water partition coefficient (Wildman–Crippen LogP) is 4.09. The largest absolute Gasteiger partial charge is 0.374 e. The fraction of sp³-hybridized carbons (Fsp3) is 0.700. The summed E-state index contributed by atoms with van der Waals surface area (Å²) in [6.45, 7) is 2.47. The highest BCUT2D eigenvalue weighted by atomic mass is 16.3. The molecule has 0 aromatic rings. The van der Waals surface area contributed by atoms with Crippen LogP contribution >= 0.6 is 0 Å². The van der Waals surface area contributed by atoms with E-state index in [2.05, 4.69) is 25.0 Å². The molecule has 2 unspecified atom stereocenters. The topological polar surface area (TPSA) is 20.2 Å². The highest BCUT2D eigenvalue weighted by Gasteiger charge is 2.51. The minimum atomic E-state index is -0.962. The molecule has 2 fully saturated rings. The first kappa shape index (κ1) is 13.6. The standard InChI is InChI=1S/C20H26O/c1-3-20(21)12-9-15-14(13-20)6-7-17-16(15)8-11-19(2)10-4-5-18(17)19/h1,4,10,13,15-18,21H,5-9,11-12H2,2H3/t15-,16+,17+,18-,19?,20?/m0/s1. The van der Waals surface area contributed by atoms with Gasteiger partial charge in [0.15, 0.2) is 0 Å². The highest BCUT2D eigenvalue weighted by Crippen LogP contribution is 2.60. The van der Waals surface area contributed by atoms with E-state index in [4.69, 9.17) is 6.42 Å². The van der Waals surface area contributed by atoms with Crippen molar-refractivity contribution in [3.05, 3.63) is 23.8 Å². The van der Waals surface area contributed by atoms with Crippen LogP contribution in [0.15, 0.2) is 23.8 Å². The molecule has 0 aliphatic heterocycles. The monoisotopic (exact) mass is 282 g/mol. The first-order valence-corrected chi connectivity index (χ1v) is 8.64. The maximum absolute atomic E-state index is 10.4. The molecule has 0 aromatic heterocycles. The molecule has 0 bridgehead atoms. The van der Waals surface area contributed by atoms with Crippen LogP contribution in [0.25, 0.3) is 0 Å². The molecule has 1 heteroatoms. The van der Waals surface area contributed by atoms with Crippen molar-refractivity contribution >= 4 is 0 Å². The molecule has 0 spiro atoms. The summed E-state index contributed by atoms with van der Waals surface area (Å²) in [5.41, 5.74) is 0.977. The summed E-state index contributed by atoms with van der Waals surface area (Å²) in [5, 5.41) is 10.4. The van der Waals surface area contributed by atoms with Crippen molar-refractivity contribution in [3.8, 4) is 12.3 Å². The summed E-state index contributed by atoms with van der Waals surface area (Å²) in [4.78, 5) is 0. The average molecular weight is 282 g/mol. The molecular formula is C20H26O. The van der Waals surface area contributed by atoms with Gasteiger partial charge in [-0.25, -0.2) is 0 Å². The molecule has 1 nitrogen and oxygen atoms in total. The molecule has 4 aliphatic carbocycles. The second-order valence-corrected chi connectivity index (χ2v) is 8.09. The molecule has 4 aliphatic rings. The molecule has 0 radical (unpaired) electrons. The summed E-state index contributed by atoms with van der Waals surface area (Å²) < 4.78 is 0. The van der Waals surface area contributed by atoms with E-state index < -0.39 is 5.60 Å². The summed E-state index contributed by atoms with van der Waals surface area (Å²) in [6, 6.07) is 0. The van der Waals surface area contributed by atoms with Crippen LogP contribution in [0.1, 0.15) is 51.9 Å². The molecule has 0 aromatic carbocycles. The van der Waals surface area contributed by atoms with Gasteiger partial charge in [-0.2, -0.15) is 0 Å². The van der Waals surface area contributed by atoms with Gasteiger partial charge in [-0.3, -0.25) is 0 Å². The zero-order chi connectivity index (χ0) is 14.7. The van der Waals surface area contributed by atoms with Gasteiger partial charge < -0.3 is 5.11 Å². The lowest BCUT2D eigenvalue weighted by Gasteiger charge is -2.53. The van der Waals surface area contributed by atoms with E-state index in [1.807, 2.05) is 6.08 Å². The molecule has 1 N–H and O–H groups in total. The lowest BCUT2D eigenvalue weighted by Crippen LogP contribution is -2.46. The number of hydrogen-bond acceptors (Lipinski definition) is 1. The molecule has 4 rings (SSSR count). The van der Waals surface area contributed by atoms with Crippen LogP contribution in [-0.2, 0) is 0 Å². The number of aliphatic hydroxyl groups is 1. The summed E-state index contributed by atoms with van der Waals surface area (Å²) in [6.07, 6.45) is 20.8. The lowest BCUT2D eigenvalue weighted by atomic mass is 9.52. The van der Waals surface area contributed by atoms with Crippen molar-refractivity contribution in [1.82, 2.24) is 0 Å². The zero-order valence-electron chi connectivity index (χ0n) is 13.0. The fourth-order valence-electron chi connectivity index (χ4n) is 5.95. The Hall–Kier alpha value is -1.00. The van der Waals surface area contributed by atoms with Gasteiger partial charge in [0.25, 0.3) is 0 Å². The Morgan fingerprint density at radius 2 is 2.10 bits per heavy atom. The molecule has 6 atom stereocenters. The second-order valence-electron chi connectivity index (χ2n) is 8.09. The van der Waals surface area contributed by atoms with Crippen LogP contribution in [0.4, 0.5) is 0 Å². The third-order valence-corrected chi connectivity index (χ3v) is 7.09. The smallest absolute Gasteiger partial charge is 0.144 e. The lowest BCUT2D eigenvalue weighted by molar-refractivity contribution is 0.00432. The van der Waals surface area contributed by atoms with Crippen molar-refractivity contribution in [3.63, 3.8) is 0 Å².